The number of carboxylic acid groups (broad SMARTS) is 1. The maximum Gasteiger partial charge on any atom is 0.306 e. The van der Waals surface area contributed by atoms with Crippen molar-refractivity contribution in [1.82, 2.24) is 0 Å². The average Bonchev–Trinajstić information content (AvgIpc) is 3.03. The Morgan fingerprint density at radius 2 is 1.78 bits per heavy atom. The van der Waals surface area contributed by atoms with Crippen LogP contribution in [0.15, 0.2) is 11.6 Å². The third-order valence-electron chi connectivity index (χ3n) is 11.1. The number of allylic oxidation sites excluding steroid dienone is 1. The molecule has 0 unspecified atom stereocenters. The standard InChI is InChI=1S/C29H46O7/c1-17(22(30)8-9-25(2,3)34)18-7-11-29(36)20-14-23(31)21-15-28(35,16-24(32)33)13-12-26(21,4)19(20)6-10-27(18,29)5/h14,17-19,21-22,30,34-36H,6-13,15-16H2,1-5H3,(H,32,33)/t17-,18+,19-,21-,22+,26+,27+,28-,29+/m0/s1. The molecule has 7 heteroatoms. The quantitative estimate of drug-likeness (QED) is 0.356. The number of aliphatic hydroxyl groups is 4. The molecule has 9 atom stereocenters. The maximum absolute atomic E-state index is 13.5. The van der Waals surface area contributed by atoms with Crippen molar-refractivity contribution in [3.8, 4) is 0 Å². The number of carbonyl (C=O) groups excluding carboxylic acids is 1. The van der Waals surface area contributed by atoms with Crippen molar-refractivity contribution in [2.24, 2.45) is 34.5 Å². The van der Waals surface area contributed by atoms with Crippen LogP contribution in [-0.4, -0.2) is 60.2 Å². The van der Waals surface area contributed by atoms with Crippen LogP contribution < -0.4 is 0 Å². The highest BCUT2D eigenvalue weighted by Gasteiger charge is 2.67. The van der Waals surface area contributed by atoms with E-state index in [-0.39, 0.29) is 36.4 Å². The van der Waals surface area contributed by atoms with Crippen molar-refractivity contribution in [3.05, 3.63) is 11.6 Å². The zero-order valence-electron chi connectivity index (χ0n) is 22.6. The number of rotatable bonds is 7. The number of aliphatic carboxylic acids is 1. The van der Waals surface area contributed by atoms with Crippen molar-refractivity contribution in [1.29, 1.82) is 0 Å². The Kier molecular flexibility index (Phi) is 6.85. The SMILES string of the molecule is C[C@H]([C@H](O)CCC(C)(C)O)[C@H]1CC[C@@]2(O)C3=CC(=O)[C@@H]4C[C@](O)(CC(=O)O)CC[C@]4(C)[C@H]3CC[C@]12C. The highest BCUT2D eigenvalue weighted by molar-refractivity contribution is 5.95. The smallest absolute Gasteiger partial charge is 0.306 e. The van der Waals surface area contributed by atoms with Crippen LogP contribution in [0.4, 0.5) is 0 Å². The van der Waals surface area contributed by atoms with Gasteiger partial charge in [0, 0.05) is 11.3 Å². The van der Waals surface area contributed by atoms with Crippen LogP contribution >= 0.6 is 0 Å². The first-order valence-electron chi connectivity index (χ1n) is 13.8. The Bertz CT molecular complexity index is 936. The van der Waals surface area contributed by atoms with E-state index >= 15 is 0 Å². The zero-order valence-corrected chi connectivity index (χ0v) is 22.6. The Morgan fingerprint density at radius 3 is 2.39 bits per heavy atom. The summed E-state index contributed by atoms with van der Waals surface area (Å²) in [7, 11) is 0. The molecule has 3 saturated carbocycles. The number of carbonyl (C=O) groups is 2. The zero-order chi connectivity index (χ0) is 26.9. The van der Waals surface area contributed by atoms with Crippen molar-refractivity contribution in [2.45, 2.75) is 122 Å². The molecular formula is C29H46O7. The lowest BCUT2D eigenvalue weighted by molar-refractivity contribution is -0.160. The molecule has 0 bridgehead atoms. The first-order valence-corrected chi connectivity index (χ1v) is 13.8. The molecule has 4 aliphatic carbocycles. The molecule has 36 heavy (non-hydrogen) atoms. The van der Waals surface area contributed by atoms with Crippen LogP contribution in [0.2, 0.25) is 0 Å². The van der Waals surface area contributed by atoms with Gasteiger partial charge in [-0.25, -0.2) is 0 Å². The Hall–Kier alpha value is -1.28. The molecule has 0 aliphatic heterocycles. The second kappa shape index (κ2) is 8.89. The fraction of sp³-hybridized carbons (Fsp3) is 0.862. The fourth-order valence-corrected chi connectivity index (χ4v) is 8.74. The third kappa shape index (κ3) is 4.38. The van der Waals surface area contributed by atoms with Crippen LogP contribution in [0, 0.1) is 34.5 Å². The third-order valence-corrected chi connectivity index (χ3v) is 11.1. The lowest BCUT2D eigenvalue weighted by Gasteiger charge is -2.60. The molecule has 0 aromatic carbocycles. The van der Waals surface area contributed by atoms with Crippen molar-refractivity contribution in [3.63, 3.8) is 0 Å². The van der Waals surface area contributed by atoms with E-state index in [0.29, 0.717) is 32.1 Å². The second-order valence-corrected chi connectivity index (χ2v) is 13.9. The molecule has 0 aromatic rings. The van der Waals surface area contributed by atoms with Gasteiger partial charge in [0.1, 0.15) is 0 Å². The molecule has 7 nitrogen and oxygen atoms in total. The lowest BCUT2D eigenvalue weighted by Crippen LogP contribution is -2.60. The maximum atomic E-state index is 13.5. The second-order valence-electron chi connectivity index (χ2n) is 13.9. The molecule has 0 amide bonds. The summed E-state index contributed by atoms with van der Waals surface area (Å²) >= 11 is 0. The van der Waals surface area contributed by atoms with Crippen molar-refractivity contribution < 1.29 is 35.1 Å². The lowest BCUT2D eigenvalue weighted by atomic mass is 9.45. The van der Waals surface area contributed by atoms with E-state index in [1.165, 1.54) is 0 Å². The molecule has 204 valence electrons. The summed E-state index contributed by atoms with van der Waals surface area (Å²) in [5.41, 5.74) is -3.39. The number of ketones is 1. The van der Waals surface area contributed by atoms with Gasteiger partial charge in [-0.3, -0.25) is 9.59 Å². The molecule has 3 fully saturated rings. The van der Waals surface area contributed by atoms with Gasteiger partial charge in [0.25, 0.3) is 0 Å². The van der Waals surface area contributed by atoms with Crippen LogP contribution in [0.3, 0.4) is 0 Å². The monoisotopic (exact) mass is 506 g/mol. The van der Waals surface area contributed by atoms with Gasteiger partial charge < -0.3 is 25.5 Å². The summed E-state index contributed by atoms with van der Waals surface area (Å²) in [5, 5.41) is 53.6. The molecule has 0 heterocycles. The van der Waals surface area contributed by atoms with E-state index in [0.717, 1.165) is 24.8 Å². The molecule has 0 spiro atoms. The number of hydrogen-bond acceptors (Lipinski definition) is 6. The topological polar surface area (TPSA) is 135 Å². The average molecular weight is 507 g/mol. The fourth-order valence-electron chi connectivity index (χ4n) is 8.74. The normalized spacial score (nSPS) is 44.2. The summed E-state index contributed by atoms with van der Waals surface area (Å²) in [4.78, 5) is 24.8. The van der Waals surface area contributed by atoms with E-state index in [1.807, 2.05) is 6.92 Å². The Balaban J connectivity index is 1.61. The first kappa shape index (κ1) is 27.7. The number of fused-ring (bicyclic) bond motifs is 5. The van der Waals surface area contributed by atoms with Gasteiger partial charge in [0.2, 0.25) is 0 Å². The van der Waals surface area contributed by atoms with Gasteiger partial charge in [-0.1, -0.05) is 20.8 Å². The predicted octanol–water partition coefficient (Wildman–Crippen LogP) is 3.61. The molecule has 5 N–H and O–H groups in total. The summed E-state index contributed by atoms with van der Waals surface area (Å²) in [6.45, 7) is 9.75. The molecule has 0 aromatic heterocycles. The van der Waals surface area contributed by atoms with E-state index in [2.05, 4.69) is 13.8 Å². The Morgan fingerprint density at radius 1 is 1.11 bits per heavy atom. The largest absolute Gasteiger partial charge is 0.481 e. The first-order chi connectivity index (χ1) is 16.5. The van der Waals surface area contributed by atoms with E-state index < -0.39 is 45.6 Å². The van der Waals surface area contributed by atoms with Crippen LogP contribution in [0.5, 0.6) is 0 Å². The number of carboxylic acids is 1. The van der Waals surface area contributed by atoms with E-state index in [1.54, 1.807) is 19.9 Å². The van der Waals surface area contributed by atoms with Crippen LogP contribution in [0.1, 0.15) is 98.8 Å². The minimum absolute atomic E-state index is 0.0156. The van der Waals surface area contributed by atoms with Crippen LogP contribution in [0.25, 0.3) is 0 Å². The molecule has 4 aliphatic rings. The van der Waals surface area contributed by atoms with E-state index in [4.69, 9.17) is 0 Å². The van der Waals surface area contributed by atoms with Crippen molar-refractivity contribution >= 4 is 11.8 Å². The van der Waals surface area contributed by atoms with Gasteiger partial charge >= 0.3 is 5.97 Å². The highest BCUT2D eigenvalue weighted by Crippen LogP contribution is 2.68. The Labute approximate surface area is 215 Å². The molecular weight excluding hydrogens is 460 g/mol. The summed E-state index contributed by atoms with van der Waals surface area (Å²) in [6.07, 6.45) is 5.68. The summed E-state index contributed by atoms with van der Waals surface area (Å²) in [6, 6.07) is 0. The van der Waals surface area contributed by atoms with Gasteiger partial charge in [0.05, 0.1) is 29.3 Å². The number of hydrogen-bond donors (Lipinski definition) is 5. The van der Waals surface area contributed by atoms with E-state index in [9.17, 15) is 35.1 Å². The van der Waals surface area contributed by atoms with Gasteiger partial charge in [0.15, 0.2) is 5.78 Å². The summed E-state index contributed by atoms with van der Waals surface area (Å²) < 4.78 is 0. The van der Waals surface area contributed by atoms with Crippen LogP contribution in [-0.2, 0) is 9.59 Å². The van der Waals surface area contributed by atoms with Crippen molar-refractivity contribution in [2.75, 3.05) is 0 Å². The van der Waals surface area contributed by atoms with Gasteiger partial charge in [-0.05, 0) is 106 Å². The highest BCUT2D eigenvalue weighted by atomic mass is 16.4. The van der Waals surface area contributed by atoms with Gasteiger partial charge in [-0.15, -0.1) is 0 Å². The predicted molar refractivity (Wildman–Crippen MR) is 135 cm³/mol. The minimum atomic E-state index is -1.37. The molecule has 4 rings (SSSR count). The molecule has 0 saturated heterocycles. The summed E-state index contributed by atoms with van der Waals surface area (Å²) in [5.74, 6) is -1.55. The van der Waals surface area contributed by atoms with Gasteiger partial charge in [-0.2, -0.15) is 0 Å². The minimum Gasteiger partial charge on any atom is -0.481 e. The number of aliphatic hydroxyl groups excluding tert-OH is 1. The molecule has 0 radical (unpaired) electrons.